The Labute approximate surface area is 806 Å². The molecule has 46 heteroatoms. The number of likely N-dealkylation sites (tertiary alicyclic amines) is 1. The van der Waals surface area contributed by atoms with E-state index in [0.29, 0.717) is 116 Å². The summed E-state index contributed by atoms with van der Waals surface area (Å²) in [6, 6.07) is 26.8. The number of alkyl halides is 1. The van der Waals surface area contributed by atoms with Crippen LogP contribution < -0.4 is 86.0 Å². The smallest absolute Gasteiger partial charge is 0.280 e. The standard InChI is InChI=1S/C25H35FN8O3.C24H33N7O4.C23H23FN8O3.C23H24N8O3/c1-25(2,16-35)15-28-23(36)18-14-29-34-21(27-3)13-20(31-22(18)34)30-19-5-4-9-33(24(19)37)17-6-10-32(11-7-17)12-8-26;1-15(14-32)12-26-23(33)18-13-27-31-21(25-2)11-20(29-22(18)31)28-19-5-4-10-30(24(19)34)16-6-8-17(35-3)9-7-16;1-25-19-11-18(28-16-6-4-10-31(23(16)34)21-14(24)5-3-9-26-21)30-20-13(12-27-32(19)20)22(33)29-15-7-8-17(15)35-2;1-24-20-11-19(27-17-6-4-10-30(23(17)33)14-5-3-9-25-12-14)29-21-15(13-26-31(20)21)22(32)28-16-7-8-18(16)34-2/h4-5,9,13-14,17,27,35H,6-8,10-12,15-16H2,1-3H3,(H,28,36)(H,30,31);4-5,10-11,13,15-17,25,32H,6-9,12,14H2,1-3H3,(H,26,33)(H,28,29);3-6,9-12,15,17,25H,7-8H2,1-2H3,(H,28,30)(H,29,33);3-6,9-13,16,18,24H,7-8H2,1-2H3,(H,27,29)(H,28,32)/t;15-,16?,17?;15-,17-;16-,18-/m.010/s1. The average Bonchev–Trinajstić information content (AvgIpc) is 1.61. The first kappa shape index (κ1) is 99.9. The quantitative estimate of drug-likeness (QED) is 0.0184. The third-order valence-corrected chi connectivity index (χ3v) is 25.1. The molecule has 18 rings (SSSR count). The lowest BCUT2D eigenvalue weighted by Gasteiger charge is -2.35. The number of aromatic nitrogens is 18. The van der Waals surface area contributed by atoms with Crippen molar-refractivity contribution >= 4 is 116 Å². The van der Waals surface area contributed by atoms with E-state index in [9.17, 15) is 57.4 Å². The van der Waals surface area contributed by atoms with Crippen molar-refractivity contribution in [3.05, 3.63) is 235 Å². The second-order valence-electron chi connectivity index (χ2n) is 35.1. The Balaban J connectivity index is 0.000000142. The molecule has 4 fully saturated rings. The van der Waals surface area contributed by atoms with E-state index in [4.69, 9.17) is 14.2 Å². The highest BCUT2D eigenvalue weighted by molar-refractivity contribution is 6.02. The summed E-state index contributed by atoms with van der Waals surface area (Å²) in [5.74, 6) is 1.75. The minimum Gasteiger partial charge on any atom is -0.396 e. The van der Waals surface area contributed by atoms with Crippen LogP contribution in [0.3, 0.4) is 0 Å². The molecule has 3 saturated carbocycles. The molecule has 0 aromatic carbocycles. The molecule has 0 unspecified atom stereocenters. The van der Waals surface area contributed by atoms with Gasteiger partial charge < -0.3 is 102 Å². The molecule has 141 heavy (non-hydrogen) atoms. The molecule has 742 valence electrons. The van der Waals surface area contributed by atoms with Gasteiger partial charge in [-0.2, -0.15) is 38.5 Å². The Morgan fingerprint density at radius 1 is 0.482 bits per heavy atom. The maximum absolute atomic E-state index is 14.2. The minimum absolute atomic E-state index is 0.0111. The number of carbonyl (C=O) groups is 4. The summed E-state index contributed by atoms with van der Waals surface area (Å²) in [6.45, 7) is 7.64. The molecule has 0 spiro atoms. The summed E-state index contributed by atoms with van der Waals surface area (Å²) >= 11 is 0. The van der Waals surface area contributed by atoms with Crippen LogP contribution in [0.1, 0.15) is 138 Å². The van der Waals surface area contributed by atoms with Crippen molar-refractivity contribution in [2.45, 2.75) is 127 Å². The molecule has 0 bridgehead atoms. The number of anilines is 12. The fraction of sp³-hybridized carbons (Fsp3) is 0.389. The lowest BCUT2D eigenvalue weighted by Crippen LogP contribution is -2.51. The summed E-state index contributed by atoms with van der Waals surface area (Å²) in [5, 5.41) is 72.0. The number of hydrogen-bond acceptors (Lipinski definition) is 32. The van der Waals surface area contributed by atoms with E-state index in [0.717, 1.165) is 81.9 Å². The first-order chi connectivity index (χ1) is 68.3. The number of ether oxygens (including phenoxy) is 3. The van der Waals surface area contributed by atoms with Gasteiger partial charge in [-0.25, -0.2) is 33.7 Å². The third kappa shape index (κ3) is 22.8. The molecule has 4 amide bonds. The average molecular weight is 1940 g/mol. The van der Waals surface area contributed by atoms with Crippen molar-refractivity contribution in [1.82, 2.24) is 113 Å². The molecule has 3 aliphatic carbocycles. The largest absolute Gasteiger partial charge is 0.396 e. The minimum atomic E-state index is -0.624. The van der Waals surface area contributed by atoms with Gasteiger partial charge in [0, 0.05) is 174 Å². The van der Waals surface area contributed by atoms with Crippen LogP contribution in [0.25, 0.3) is 34.1 Å². The first-order valence-corrected chi connectivity index (χ1v) is 46.3. The fourth-order valence-electron chi connectivity index (χ4n) is 16.7. The Kier molecular flexibility index (Phi) is 32.2. The van der Waals surface area contributed by atoms with Crippen LogP contribution in [0.15, 0.2) is 184 Å². The second-order valence-corrected chi connectivity index (χ2v) is 35.1. The number of aliphatic hydroxyl groups is 2. The van der Waals surface area contributed by atoms with E-state index in [-0.39, 0.29) is 138 Å². The Bertz CT molecular complexity index is 7040. The van der Waals surface area contributed by atoms with Gasteiger partial charge in [0.1, 0.15) is 98.2 Å². The monoisotopic (exact) mass is 1940 g/mol. The molecule has 14 N–H and O–H groups in total. The van der Waals surface area contributed by atoms with Crippen molar-refractivity contribution < 1.29 is 52.4 Å². The zero-order chi connectivity index (χ0) is 99.7. The fourth-order valence-corrected chi connectivity index (χ4v) is 16.7. The van der Waals surface area contributed by atoms with Gasteiger partial charge >= 0.3 is 0 Å². The maximum Gasteiger partial charge on any atom is 0.280 e. The van der Waals surface area contributed by atoms with E-state index in [1.165, 1.54) is 67.4 Å². The topological polar surface area (TPSA) is 519 Å². The van der Waals surface area contributed by atoms with E-state index in [1.807, 2.05) is 39.1 Å². The number of piperidine rings is 1. The maximum atomic E-state index is 14.2. The van der Waals surface area contributed by atoms with Crippen LogP contribution in [0.5, 0.6) is 0 Å². The van der Waals surface area contributed by atoms with E-state index < -0.39 is 16.8 Å². The lowest BCUT2D eigenvalue weighted by molar-refractivity contribution is 0.00731. The number of pyridine rings is 6. The number of rotatable bonds is 33. The van der Waals surface area contributed by atoms with E-state index >= 15 is 0 Å². The van der Waals surface area contributed by atoms with Crippen molar-refractivity contribution in [3.63, 3.8) is 0 Å². The van der Waals surface area contributed by atoms with Crippen LogP contribution in [0, 0.1) is 17.2 Å². The molecule has 4 aliphatic rings. The molecule has 44 nitrogen and oxygen atoms in total. The highest BCUT2D eigenvalue weighted by Crippen LogP contribution is 2.33. The van der Waals surface area contributed by atoms with Gasteiger partial charge in [0.25, 0.3) is 45.9 Å². The van der Waals surface area contributed by atoms with Crippen LogP contribution in [0.2, 0.25) is 0 Å². The SMILES string of the molecule is CNc1cc(Nc2cccn(-c3cccnc3)c2=O)nc2c(C(=O)N[C@H]3CC[C@@H]3OC)cnn12.CNc1cc(Nc2cccn(-c3ncccc3F)c2=O)nc2c(C(=O)N[C@@H]3CC[C@H]3OC)cnn12.CNc1cc(Nc2cccn(C3CCC(OC)CC3)c2=O)nc2c(C(=O)NC[C@H](C)CO)cnn12.CNc1cc(Nc2cccn(C3CCN(CCF)CC3)c2=O)nc2c(C(=O)NCC(C)(C)CO)cnn12. The number of halogens is 2. The van der Waals surface area contributed by atoms with Gasteiger partial charge in [-0.15, -0.1) is 0 Å². The molecule has 14 aromatic rings. The van der Waals surface area contributed by atoms with Crippen LogP contribution in [0.4, 0.5) is 78.1 Å². The molecule has 15 heterocycles. The molecule has 1 saturated heterocycles. The van der Waals surface area contributed by atoms with Crippen molar-refractivity contribution in [2.75, 3.05) is 145 Å². The van der Waals surface area contributed by atoms with Crippen LogP contribution in [-0.2, 0) is 14.2 Å². The summed E-state index contributed by atoms with van der Waals surface area (Å²) in [6.07, 6.45) is 26.2. The van der Waals surface area contributed by atoms with Crippen LogP contribution >= 0.6 is 0 Å². The number of carbonyl (C=O) groups excluding carboxylic acids is 4. The third-order valence-electron chi connectivity index (χ3n) is 25.1. The first-order valence-electron chi connectivity index (χ1n) is 46.3. The van der Waals surface area contributed by atoms with Gasteiger partial charge in [0.05, 0.1) is 67.1 Å². The van der Waals surface area contributed by atoms with E-state index in [2.05, 4.69) is 119 Å². The zero-order valence-electron chi connectivity index (χ0n) is 79.6. The predicted octanol–water partition coefficient (Wildman–Crippen LogP) is 8.27. The second kappa shape index (κ2) is 45.4. The summed E-state index contributed by atoms with van der Waals surface area (Å²) in [4.78, 5) is 133. The van der Waals surface area contributed by atoms with Gasteiger partial charge in [-0.1, -0.05) is 20.8 Å². The molecular weight excluding hydrogens is 1820 g/mol. The highest BCUT2D eigenvalue weighted by Gasteiger charge is 2.36. The number of amides is 4. The number of aliphatic hydroxyl groups excluding tert-OH is 2. The zero-order valence-corrected chi connectivity index (χ0v) is 79.6. The Hall–Kier alpha value is -15.5. The molecular formula is C95H115F2N31O13. The van der Waals surface area contributed by atoms with Crippen LogP contribution in [-0.4, -0.2) is 258 Å². The summed E-state index contributed by atoms with van der Waals surface area (Å²) in [5.41, 5.74) is 2.91. The number of hydrogen-bond donors (Lipinski definition) is 14. The summed E-state index contributed by atoms with van der Waals surface area (Å²) in [7, 11) is 11.9. The Morgan fingerprint density at radius 2 is 0.894 bits per heavy atom. The van der Waals surface area contributed by atoms with Crippen molar-refractivity contribution in [2.24, 2.45) is 11.3 Å². The molecule has 14 aromatic heterocycles. The Morgan fingerprint density at radius 3 is 1.28 bits per heavy atom. The number of nitrogens with one attached hydrogen (secondary N) is 12. The van der Waals surface area contributed by atoms with E-state index in [1.54, 1.807) is 161 Å². The van der Waals surface area contributed by atoms with Gasteiger partial charge in [0.2, 0.25) is 0 Å². The van der Waals surface area contributed by atoms with Gasteiger partial charge in [-0.3, -0.25) is 52.5 Å². The summed E-state index contributed by atoms with van der Waals surface area (Å²) < 4.78 is 55.3. The van der Waals surface area contributed by atoms with Crippen molar-refractivity contribution in [1.29, 1.82) is 0 Å². The number of methoxy groups -OCH3 is 3. The normalized spacial score (nSPS) is 17.1. The molecule has 0 radical (unpaired) electrons. The highest BCUT2D eigenvalue weighted by atomic mass is 19.1. The van der Waals surface area contributed by atoms with Gasteiger partial charge in [-0.05, 0) is 143 Å². The lowest BCUT2D eigenvalue weighted by atomic mass is 9.89. The predicted molar refractivity (Wildman–Crippen MR) is 528 cm³/mol. The molecule has 1 aliphatic heterocycles. The number of nitrogens with zero attached hydrogens (tertiary/aromatic N) is 19. The molecule has 5 atom stereocenters. The number of fused-ring (bicyclic) bond motifs is 4. The van der Waals surface area contributed by atoms with Crippen molar-refractivity contribution in [3.8, 4) is 11.5 Å². The van der Waals surface area contributed by atoms with Gasteiger partial charge in [0.15, 0.2) is 34.2 Å².